The summed E-state index contributed by atoms with van der Waals surface area (Å²) in [5.74, 6) is 0.330. The van der Waals surface area contributed by atoms with Gasteiger partial charge in [0.05, 0.1) is 13.3 Å². The minimum absolute atomic E-state index is 0.330. The van der Waals surface area contributed by atoms with Gasteiger partial charge in [-0.2, -0.15) is 5.10 Å². The van der Waals surface area contributed by atoms with Crippen LogP contribution < -0.4 is 10.5 Å². The number of aromatic nitrogens is 3. The smallest absolute Gasteiger partial charge is 0.257 e. The van der Waals surface area contributed by atoms with Gasteiger partial charge >= 0.3 is 0 Å². The maximum absolute atomic E-state index is 5.87. The molecule has 0 aromatic carbocycles. The monoisotopic (exact) mass is 202 g/mol. The molecule has 2 aromatic heterocycles. The number of methoxy groups -OCH3 is 1. The summed E-state index contributed by atoms with van der Waals surface area (Å²) in [5, 5.41) is 7.58. The zero-order valence-electron chi connectivity index (χ0n) is 8.21. The van der Waals surface area contributed by atoms with Gasteiger partial charge in [-0.05, 0) is 6.07 Å². The molecular formula is C10H10N4O. The van der Waals surface area contributed by atoms with Gasteiger partial charge in [-0.1, -0.05) is 6.07 Å². The second-order valence-electron chi connectivity index (χ2n) is 2.92. The molecule has 0 spiro atoms. The van der Waals surface area contributed by atoms with Crippen LogP contribution in [0.2, 0.25) is 0 Å². The van der Waals surface area contributed by atoms with E-state index in [4.69, 9.17) is 10.5 Å². The molecule has 0 atom stereocenters. The lowest BCUT2D eigenvalue weighted by Gasteiger charge is -2.06. The van der Waals surface area contributed by atoms with Gasteiger partial charge in [0.2, 0.25) is 0 Å². The molecule has 0 aliphatic rings. The largest absolute Gasteiger partial charge is 0.478 e. The third-order valence-corrected chi connectivity index (χ3v) is 2.02. The van der Waals surface area contributed by atoms with E-state index in [0.717, 1.165) is 11.1 Å². The minimum atomic E-state index is 0.330. The Labute approximate surface area is 86.9 Å². The second-order valence-corrected chi connectivity index (χ2v) is 2.92. The summed E-state index contributed by atoms with van der Waals surface area (Å²) >= 11 is 0. The van der Waals surface area contributed by atoms with Gasteiger partial charge in [-0.3, -0.25) is 4.98 Å². The third kappa shape index (κ3) is 1.71. The fourth-order valence-corrected chi connectivity index (χ4v) is 1.28. The SMILES string of the molecule is COc1nncc(-c2cccnc2)c1N. The van der Waals surface area contributed by atoms with Crippen molar-refractivity contribution in [2.24, 2.45) is 0 Å². The highest BCUT2D eigenvalue weighted by Gasteiger charge is 2.09. The van der Waals surface area contributed by atoms with Crippen LogP contribution >= 0.6 is 0 Å². The molecule has 2 heterocycles. The first-order valence-electron chi connectivity index (χ1n) is 4.38. The molecule has 2 aromatic rings. The van der Waals surface area contributed by atoms with Gasteiger partial charge in [-0.15, -0.1) is 5.10 Å². The molecule has 0 saturated heterocycles. The van der Waals surface area contributed by atoms with Crippen molar-refractivity contribution in [3.05, 3.63) is 30.7 Å². The zero-order chi connectivity index (χ0) is 10.7. The average molecular weight is 202 g/mol. The molecule has 0 fully saturated rings. The van der Waals surface area contributed by atoms with E-state index in [2.05, 4.69) is 15.2 Å². The van der Waals surface area contributed by atoms with Crippen LogP contribution in [0.3, 0.4) is 0 Å². The molecule has 15 heavy (non-hydrogen) atoms. The molecule has 5 heteroatoms. The molecule has 0 saturated carbocycles. The van der Waals surface area contributed by atoms with Crippen molar-refractivity contribution in [2.75, 3.05) is 12.8 Å². The van der Waals surface area contributed by atoms with Crippen LogP contribution in [-0.4, -0.2) is 22.3 Å². The van der Waals surface area contributed by atoms with Crippen molar-refractivity contribution < 1.29 is 4.74 Å². The first-order chi connectivity index (χ1) is 7.33. The summed E-state index contributed by atoms with van der Waals surface area (Å²) in [5.41, 5.74) is 8.01. The van der Waals surface area contributed by atoms with Crippen LogP contribution in [0, 0.1) is 0 Å². The molecule has 0 aliphatic heterocycles. The Balaban J connectivity index is 2.54. The van der Waals surface area contributed by atoms with Gasteiger partial charge in [0.15, 0.2) is 0 Å². The van der Waals surface area contributed by atoms with Crippen LogP contribution in [0.1, 0.15) is 0 Å². The van der Waals surface area contributed by atoms with Crippen LogP contribution in [0.4, 0.5) is 5.69 Å². The van der Waals surface area contributed by atoms with Gasteiger partial charge in [0.1, 0.15) is 5.69 Å². The molecular weight excluding hydrogens is 192 g/mol. The third-order valence-electron chi connectivity index (χ3n) is 2.02. The Kier molecular flexibility index (Phi) is 2.45. The van der Waals surface area contributed by atoms with Crippen molar-refractivity contribution in [1.29, 1.82) is 0 Å². The topological polar surface area (TPSA) is 73.9 Å². The number of anilines is 1. The van der Waals surface area contributed by atoms with E-state index in [1.54, 1.807) is 18.6 Å². The predicted octanol–water partition coefficient (Wildman–Crippen LogP) is 1.13. The van der Waals surface area contributed by atoms with E-state index in [1.807, 2.05) is 12.1 Å². The highest BCUT2D eigenvalue weighted by molar-refractivity contribution is 5.77. The van der Waals surface area contributed by atoms with Gasteiger partial charge < -0.3 is 10.5 Å². The lowest BCUT2D eigenvalue weighted by molar-refractivity contribution is 0.394. The quantitative estimate of drug-likeness (QED) is 0.790. The van der Waals surface area contributed by atoms with Gasteiger partial charge in [0.25, 0.3) is 5.88 Å². The zero-order valence-corrected chi connectivity index (χ0v) is 8.21. The van der Waals surface area contributed by atoms with Gasteiger partial charge in [-0.25, -0.2) is 0 Å². The van der Waals surface area contributed by atoms with Crippen molar-refractivity contribution in [2.45, 2.75) is 0 Å². The molecule has 5 nitrogen and oxygen atoms in total. The summed E-state index contributed by atoms with van der Waals surface area (Å²) < 4.78 is 4.99. The Morgan fingerprint density at radius 2 is 2.20 bits per heavy atom. The average Bonchev–Trinajstić information content (AvgIpc) is 2.30. The molecule has 0 radical (unpaired) electrons. The Morgan fingerprint density at radius 1 is 1.33 bits per heavy atom. The number of ether oxygens (including phenoxy) is 1. The fraction of sp³-hybridized carbons (Fsp3) is 0.100. The van der Waals surface area contributed by atoms with E-state index < -0.39 is 0 Å². The Hall–Kier alpha value is -2.17. The van der Waals surface area contributed by atoms with Crippen LogP contribution in [-0.2, 0) is 0 Å². The maximum Gasteiger partial charge on any atom is 0.257 e. The molecule has 0 amide bonds. The standard InChI is InChI=1S/C10H10N4O/c1-15-10-9(11)8(6-13-14-10)7-3-2-4-12-5-7/h2-6H,1H3,(H2,11,13). The second kappa shape index (κ2) is 3.91. The van der Waals surface area contributed by atoms with E-state index in [0.29, 0.717) is 11.6 Å². The summed E-state index contributed by atoms with van der Waals surface area (Å²) in [6.45, 7) is 0. The number of nitrogens with zero attached hydrogens (tertiary/aromatic N) is 3. The van der Waals surface area contributed by atoms with E-state index >= 15 is 0 Å². The number of hydrogen-bond donors (Lipinski definition) is 1. The molecule has 76 valence electrons. The number of rotatable bonds is 2. The highest BCUT2D eigenvalue weighted by atomic mass is 16.5. The summed E-state index contributed by atoms with van der Waals surface area (Å²) in [6, 6.07) is 3.74. The highest BCUT2D eigenvalue weighted by Crippen LogP contribution is 2.29. The normalized spacial score (nSPS) is 9.93. The molecule has 2 N–H and O–H groups in total. The first kappa shape index (κ1) is 9.39. The summed E-state index contributed by atoms with van der Waals surface area (Å²) in [6.07, 6.45) is 5.01. The van der Waals surface area contributed by atoms with Crippen molar-refractivity contribution in [1.82, 2.24) is 15.2 Å². The van der Waals surface area contributed by atoms with Crippen LogP contribution in [0.5, 0.6) is 5.88 Å². The number of nitrogen functional groups attached to an aromatic ring is 1. The maximum atomic E-state index is 5.87. The lowest BCUT2D eigenvalue weighted by atomic mass is 10.1. The van der Waals surface area contributed by atoms with Crippen molar-refractivity contribution in [3.8, 4) is 17.0 Å². The van der Waals surface area contributed by atoms with Crippen LogP contribution in [0.15, 0.2) is 30.7 Å². The number of pyridine rings is 1. The molecule has 0 bridgehead atoms. The molecule has 0 aliphatic carbocycles. The minimum Gasteiger partial charge on any atom is -0.478 e. The predicted molar refractivity (Wildman–Crippen MR) is 56.2 cm³/mol. The number of hydrogen-bond acceptors (Lipinski definition) is 5. The van der Waals surface area contributed by atoms with E-state index in [1.165, 1.54) is 7.11 Å². The van der Waals surface area contributed by atoms with Crippen molar-refractivity contribution in [3.63, 3.8) is 0 Å². The van der Waals surface area contributed by atoms with E-state index in [9.17, 15) is 0 Å². The Morgan fingerprint density at radius 3 is 2.87 bits per heavy atom. The molecule has 0 unspecified atom stereocenters. The summed E-state index contributed by atoms with van der Waals surface area (Å²) in [4.78, 5) is 4.01. The first-order valence-corrected chi connectivity index (χ1v) is 4.38. The fourth-order valence-electron chi connectivity index (χ4n) is 1.28. The number of nitrogens with two attached hydrogens (primary N) is 1. The lowest BCUT2D eigenvalue weighted by Crippen LogP contribution is -1.99. The van der Waals surface area contributed by atoms with Crippen molar-refractivity contribution >= 4 is 5.69 Å². The summed E-state index contributed by atoms with van der Waals surface area (Å²) in [7, 11) is 1.51. The molecule has 2 rings (SSSR count). The Bertz CT molecular complexity index is 458. The van der Waals surface area contributed by atoms with Gasteiger partial charge in [0, 0.05) is 23.5 Å². The van der Waals surface area contributed by atoms with Crippen LogP contribution in [0.25, 0.3) is 11.1 Å². The van der Waals surface area contributed by atoms with E-state index in [-0.39, 0.29) is 0 Å².